The van der Waals surface area contributed by atoms with Crippen LogP contribution in [0.2, 0.25) is 5.02 Å². The number of para-hydroxylation sites is 2. The first-order chi connectivity index (χ1) is 13.0. The van der Waals surface area contributed by atoms with Gasteiger partial charge in [0, 0.05) is 10.6 Å². The van der Waals surface area contributed by atoms with Crippen LogP contribution in [0.3, 0.4) is 0 Å². The molecule has 134 valence electrons. The maximum Gasteiger partial charge on any atom is 0.339 e. The summed E-state index contributed by atoms with van der Waals surface area (Å²) in [7, 11) is -3.92. The summed E-state index contributed by atoms with van der Waals surface area (Å²) in [5.41, 5.74) is 3.11. The van der Waals surface area contributed by atoms with Gasteiger partial charge in [-0.3, -0.25) is 4.98 Å². The molecule has 1 heterocycles. The van der Waals surface area contributed by atoms with Crippen molar-refractivity contribution in [3.63, 3.8) is 0 Å². The first-order valence-corrected chi connectivity index (χ1v) is 9.82. The molecule has 0 saturated heterocycles. The molecule has 0 fully saturated rings. The number of nitrogens with zero attached hydrogens (tertiary/aromatic N) is 2. The van der Waals surface area contributed by atoms with E-state index in [-0.39, 0.29) is 10.6 Å². The molecule has 4 aromatic rings. The maximum absolute atomic E-state index is 12.3. The number of benzene rings is 3. The summed E-state index contributed by atoms with van der Waals surface area (Å²) in [6.45, 7) is 0. The van der Waals surface area contributed by atoms with Gasteiger partial charge in [0.2, 0.25) is 0 Å². The van der Waals surface area contributed by atoms with Crippen LogP contribution in [0, 0.1) is 0 Å². The van der Waals surface area contributed by atoms with Crippen molar-refractivity contribution < 1.29 is 12.6 Å². The summed E-state index contributed by atoms with van der Waals surface area (Å²) >= 11 is 5.79. The summed E-state index contributed by atoms with van der Waals surface area (Å²) in [5, 5.41) is 0.454. The van der Waals surface area contributed by atoms with Crippen molar-refractivity contribution in [3.05, 3.63) is 84.0 Å². The van der Waals surface area contributed by atoms with Crippen molar-refractivity contribution >= 4 is 32.8 Å². The summed E-state index contributed by atoms with van der Waals surface area (Å²) in [6.07, 6.45) is 1.68. The molecule has 0 N–H and O–H groups in total. The van der Waals surface area contributed by atoms with E-state index in [0.29, 0.717) is 10.7 Å². The van der Waals surface area contributed by atoms with Gasteiger partial charge in [-0.05, 0) is 60.7 Å². The van der Waals surface area contributed by atoms with Gasteiger partial charge in [0.15, 0.2) is 0 Å². The molecule has 4 rings (SSSR count). The van der Waals surface area contributed by atoms with Crippen molar-refractivity contribution in [2.75, 3.05) is 0 Å². The second-order valence-corrected chi connectivity index (χ2v) is 7.74. The Labute approximate surface area is 161 Å². The predicted molar refractivity (Wildman–Crippen MR) is 104 cm³/mol. The molecule has 0 spiro atoms. The van der Waals surface area contributed by atoms with E-state index in [9.17, 15) is 8.42 Å². The van der Waals surface area contributed by atoms with Crippen LogP contribution in [-0.2, 0) is 10.1 Å². The summed E-state index contributed by atoms with van der Waals surface area (Å²) < 4.78 is 29.8. The van der Waals surface area contributed by atoms with Gasteiger partial charge in [0.05, 0.1) is 22.9 Å². The third-order valence-electron chi connectivity index (χ3n) is 3.91. The normalized spacial score (nSPS) is 11.4. The number of hydrogen-bond donors (Lipinski definition) is 0. The molecule has 1 aromatic heterocycles. The van der Waals surface area contributed by atoms with E-state index >= 15 is 0 Å². The topological polar surface area (TPSA) is 69.2 Å². The molecule has 5 nitrogen and oxygen atoms in total. The monoisotopic (exact) mass is 396 g/mol. The molecule has 0 radical (unpaired) electrons. The highest BCUT2D eigenvalue weighted by Gasteiger charge is 2.16. The van der Waals surface area contributed by atoms with E-state index in [2.05, 4.69) is 9.97 Å². The smallest absolute Gasteiger partial charge is 0.339 e. The SMILES string of the molecule is O=S(=O)(Oc1ccc(-c2cnc3ccccc3n2)cc1)c1ccc(Cl)cc1. The molecule has 0 saturated carbocycles. The molecule has 3 aromatic carbocycles. The van der Waals surface area contributed by atoms with E-state index < -0.39 is 10.1 Å². The third kappa shape index (κ3) is 3.77. The van der Waals surface area contributed by atoms with E-state index in [1.54, 1.807) is 30.5 Å². The lowest BCUT2D eigenvalue weighted by Gasteiger charge is -2.08. The van der Waals surface area contributed by atoms with Gasteiger partial charge in [0.25, 0.3) is 0 Å². The fraction of sp³-hybridized carbons (Fsp3) is 0. The third-order valence-corrected chi connectivity index (χ3v) is 5.42. The maximum atomic E-state index is 12.3. The average molecular weight is 397 g/mol. The minimum absolute atomic E-state index is 0.0383. The van der Waals surface area contributed by atoms with Crippen LogP contribution in [0.25, 0.3) is 22.3 Å². The molecule has 27 heavy (non-hydrogen) atoms. The lowest BCUT2D eigenvalue weighted by Crippen LogP contribution is -2.09. The minimum Gasteiger partial charge on any atom is -0.379 e. The minimum atomic E-state index is -3.92. The first-order valence-electron chi connectivity index (χ1n) is 8.04. The van der Waals surface area contributed by atoms with Crippen molar-refractivity contribution in [1.29, 1.82) is 0 Å². The highest BCUT2D eigenvalue weighted by atomic mass is 35.5. The summed E-state index contributed by atoms with van der Waals surface area (Å²) in [5.74, 6) is 0.211. The summed E-state index contributed by atoms with van der Waals surface area (Å²) in [4.78, 5) is 9.00. The largest absolute Gasteiger partial charge is 0.379 e. The van der Waals surface area contributed by atoms with Crippen molar-refractivity contribution in [3.8, 4) is 17.0 Å². The van der Waals surface area contributed by atoms with Crippen molar-refractivity contribution in [2.24, 2.45) is 0 Å². The Bertz CT molecular complexity index is 1210. The van der Waals surface area contributed by atoms with Crippen LogP contribution < -0.4 is 4.18 Å². The van der Waals surface area contributed by atoms with Gasteiger partial charge in [-0.15, -0.1) is 0 Å². The number of rotatable bonds is 4. The van der Waals surface area contributed by atoms with Crippen LogP contribution in [0.5, 0.6) is 5.75 Å². The van der Waals surface area contributed by atoms with Gasteiger partial charge in [-0.2, -0.15) is 8.42 Å². The molecule has 7 heteroatoms. The Morgan fingerprint density at radius 1 is 0.815 bits per heavy atom. The standard InChI is InChI=1S/C20H13ClN2O3S/c21-15-7-11-17(12-8-15)27(24,25)26-16-9-5-14(6-10-16)20-13-22-18-3-1-2-4-19(18)23-20/h1-13H. The van der Waals surface area contributed by atoms with Gasteiger partial charge in [0.1, 0.15) is 10.6 Å². The molecule has 0 bridgehead atoms. The second kappa shape index (κ2) is 6.98. The molecular formula is C20H13ClN2O3S. The Morgan fingerprint density at radius 2 is 1.48 bits per heavy atom. The summed E-state index contributed by atoms with van der Waals surface area (Å²) in [6, 6.07) is 20.0. The predicted octanol–water partition coefficient (Wildman–Crippen LogP) is 4.72. The molecule has 0 aliphatic rings. The zero-order valence-corrected chi connectivity index (χ0v) is 15.5. The Kier molecular flexibility index (Phi) is 4.51. The van der Waals surface area contributed by atoms with E-state index in [1.165, 1.54) is 24.3 Å². The average Bonchev–Trinajstić information content (AvgIpc) is 2.68. The lowest BCUT2D eigenvalue weighted by molar-refractivity contribution is 0.486. The van der Waals surface area contributed by atoms with Crippen LogP contribution in [0.15, 0.2) is 83.9 Å². The molecular weight excluding hydrogens is 384 g/mol. The van der Waals surface area contributed by atoms with Crippen molar-refractivity contribution in [2.45, 2.75) is 4.90 Å². The van der Waals surface area contributed by atoms with Crippen LogP contribution >= 0.6 is 11.6 Å². The Morgan fingerprint density at radius 3 is 2.19 bits per heavy atom. The first kappa shape index (κ1) is 17.5. The van der Waals surface area contributed by atoms with Crippen molar-refractivity contribution in [1.82, 2.24) is 9.97 Å². The lowest BCUT2D eigenvalue weighted by atomic mass is 10.1. The zero-order valence-electron chi connectivity index (χ0n) is 13.9. The fourth-order valence-electron chi connectivity index (χ4n) is 2.55. The molecule has 0 aliphatic heterocycles. The fourth-order valence-corrected chi connectivity index (χ4v) is 3.61. The van der Waals surface area contributed by atoms with Gasteiger partial charge in [-0.25, -0.2) is 4.98 Å². The van der Waals surface area contributed by atoms with Gasteiger partial charge < -0.3 is 4.18 Å². The van der Waals surface area contributed by atoms with E-state index in [0.717, 1.165) is 16.6 Å². The molecule has 0 aliphatic carbocycles. The molecule has 0 atom stereocenters. The molecule has 0 unspecified atom stereocenters. The second-order valence-electron chi connectivity index (χ2n) is 5.76. The number of hydrogen-bond acceptors (Lipinski definition) is 5. The highest BCUT2D eigenvalue weighted by Crippen LogP contribution is 2.24. The highest BCUT2D eigenvalue weighted by molar-refractivity contribution is 7.87. The zero-order chi connectivity index (χ0) is 18.9. The Hall–Kier alpha value is -2.96. The van der Waals surface area contributed by atoms with E-state index in [4.69, 9.17) is 15.8 Å². The van der Waals surface area contributed by atoms with Crippen LogP contribution in [0.4, 0.5) is 0 Å². The Balaban J connectivity index is 1.58. The number of halogens is 1. The quantitative estimate of drug-likeness (QED) is 0.467. The van der Waals surface area contributed by atoms with Crippen LogP contribution in [-0.4, -0.2) is 18.4 Å². The number of fused-ring (bicyclic) bond motifs is 1. The van der Waals surface area contributed by atoms with Crippen LogP contribution in [0.1, 0.15) is 0 Å². The number of aromatic nitrogens is 2. The van der Waals surface area contributed by atoms with Gasteiger partial charge in [-0.1, -0.05) is 23.7 Å². The molecule has 0 amide bonds. The van der Waals surface area contributed by atoms with E-state index in [1.807, 2.05) is 24.3 Å². The van der Waals surface area contributed by atoms with Gasteiger partial charge >= 0.3 is 10.1 Å².